The molecule has 1 aromatic heterocycles. The van der Waals surface area contributed by atoms with Crippen molar-refractivity contribution in [1.82, 2.24) is 4.98 Å². The highest BCUT2D eigenvalue weighted by atomic mass is 32.2. The van der Waals surface area contributed by atoms with Gasteiger partial charge in [0.15, 0.2) is 5.84 Å². The van der Waals surface area contributed by atoms with Crippen molar-refractivity contribution in [2.24, 2.45) is 10.9 Å². The highest BCUT2D eigenvalue weighted by molar-refractivity contribution is 7.99. The van der Waals surface area contributed by atoms with E-state index in [1.165, 1.54) is 24.0 Å². The lowest BCUT2D eigenvalue weighted by molar-refractivity contribution is 0.318. The molecular formula is C15H15N3OS. The fourth-order valence-corrected chi connectivity index (χ4v) is 3.40. The van der Waals surface area contributed by atoms with Crippen molar-refractivity contribution >= 4 is 17.6 Å². The first-order chi connectivity index (χ1) is 9.78. The molecule has 0 amide bonds. The summed E-state index contributed by atoms with van der Waals surface area (Å²) in [6, 6.07) is 10.1. The maximum Gasteiger partial charge on any atom is 0.172 e. The van der Waals surface area contributed by atoms with Crippen LogP contribution in [0.15, 0.2) is 51.6 Å². The first-order valence-electron chi connectivity index (χ1n) is 6.50. The van der Waals surface area contributed by atoms with Crippen LogP contribution in [0.5, 0.6) is 0 Å². The second-order valence-corrected chi connectivity index (χ2v) is 5.79. The van der Waals surface area contributed by atoms with Crippen molar-refractivity contribution in [3.8, 4) is 0 Å². The highest BCUT2D eigenvalue weighted by Crippen LogP contribution is 2.32. The number of benzene rings is 1. The molecule has 1 aliphatic rings. The molecule has 2 aromatic rings. The number of rotatable bonds is 3. The van der Waals surface area contributed by atoms with Crippen LogP contribution < -0.4 is 5.73 Å². The maximum atomic E-state index is 8.83. The Bertz CT molecular complexity index is 670. The number of pyridine rings is 1. The number of nitrogens with zero attached hydrogens (tertiary/aromatic N) is 2. The van der Waals surface area contributed by atoms with Crippen molar-refractivity contribution in [3.63, 3.8) is 0 Å². The van der Waals surface area contributed by atoms with E-state index in [0.717, 1.165) is 16.3 Å². The molecule has 0 spiro atoms. The Morgan fingerprint density at radius 3 is 2.95 bits per heavy atom. The van der Waals surface area contributed by atoms with Crippen LogP contribution in [0.4, 0.5) is 0 Å². The zero-order valence-corrected chi connectivity index (χ0v) is 11.7. The van der Waals surface area contributed by atoms with E-state index < -0.39 is 0 Å². The van der Waals surface area contributed by atoms with Gasteiger partial charge in [-0.25, -0.2) is 4.98 Å². The number of hydrogen-bond donors (Lipinski definition) is 2. The van der Waals surface area contributed by atoms with Crippen LogP contribution in [-0.2, 0) is 12.8 Å². The summed E-state index contributed by atoms with van der Waals surface area (Å²) >= 11 is 1.54. The summed E-state index contributed by atoms with van der Waals surface area (Å²) in [5, 5.41) is 12.6. The summed E-state index contributed by atoms with van der Waals surface area (Å²) in [5.41, 5.74) is 9.22. The molecule has 0 fully saturated rings. The van der Waals surface area contributed by atoms with Gasteiger partial charge in [0.2, 0.25) is 0 Å². The van der Waals surface area contributed by atoms with Crippen LogP contribution in [0.1, 0.15) is 23.1 Å². The summed E-state index contributed by atoms with van der Waals surface area (Å²) in [5.74, 6) is 0.0850. The summed E-state index contributed by atoms with van der Waals surface area (Å²) in [6.45, 7) is 0. The second-order valence-electron chi connectivity index (χ2n) is 4.73. The van der Waals surface area contributed by atoms with Gasteiger partial charge in [-0.3, -0.25) is 0 Å². The largest absolute Gasteiger partial charge is 0.409 e. The van der Waals surface area contributed by atoms with E-state index in [-0.39, 0.29) is 5.84 Å². The normalized spacial score (nSPS) is 14.3. The molecule has 0 saturated carbocycles. The topological polar surface area (TPSA) is 71.5 Å². The molecule has 1 heterocycles. The van der Waals surface area contributed by atoms with E-state index in [1.54, 1.807) is 30.1 Å². The van der Waals surface area contributed by atoms with Gasteiger partial charge >= 0.3 is 0 Å². The van der Waals surface area contributed by atoms with E-state index >= 15 is 0 Å². The van der Waals surface area contributed by atoms with E-state index in [1.807, 2.05) is 0 Å². The van der Waals surface area contributed by atoms with Gasteiger partial charge in [-0.05, 0) is 54.7 Å². The Hall–Kier alpha value is -2.01. The third kappa shape index (κ3) is 2.49. The first-order valence-corrected chi connectivity index (χ1v) is 7.32. The number of amidine groups is 1. The third-order valence-corrected chi connectivity index (χ3v) is 4.45. The quantitative estimate of drug-likeness (QED) is 0.394. The molecule has 1 aliphatic carbocycles. The summed E-state index contributed by atoms with van der Waals surface area (Å²) in [4.78, 5) is 5.46. The Morgan fingerprint density at radius 2 is 2.10 bits per heavy atom. The first kappa shape index (κ1) is 13.0. The van der Waals surface area contributed by atoms with E-state index in [4.69, 9.17) is 10.9 Å². The van der Waals surface area contributed by atoms with E-state index in [9.17, 15) is 0 Å². The standard InChI is InChI=1S/C15H15N3OS/c16-14(18-19)13-5-2-8-17-15(13)20-12-7-6-10-3-1-4-11(10)9-12/h2,5-9,19H,1,3-4H2,(H2,16,18). The van der Waals surface area contributed by atoms with Gasteiger partial charge in [0.25, 0.3) is 0 Å². The monoisotopic (exact) mass is 285 g/mol. The van der Waals surface area contributed by atoms with Gasteiger partial charge in [0.05, 0.1) is 5.56 Å². The van der Waals surface area contributed by atoms with Crippen molar-refractivity contribution in [1.29, 1.82) is 0 Å². The molecule has 4 nitrogen and oxygen atoms in total. The van der Waals surface area contributed by atoms with Crippen molar-refractivity contribution in [3.05, 3.63) is 53.2 Å². The highest BCUT2D eigenvalue weighted by Gasteiger charge is 2.13. The van der Waals surface area contributed by atoms with Gasteiger partial charge in [-0.2, -0.15) is 0 Å². The van der Waals surface area contributed by atoms with Crippen molar-refractivity contribution in [2.45, 2.75) is 29.2 Å². The van der Waals surface area contributed by atoms with Gasteiger partial charge < -0.3 is 10.9 Å². The van der Waals surface area contributed by atoms with Crippen molar-refractivity contribution < 1.29 is 5.21 Å². The minimum absolute atomic E-state index is 0.0850. The van der Waals surface area contributed by atoms with Gasteiger partial charge in [0, 0.05) is 11.1 Å². The molecule has 5 heteroatoms. The number of nitrogens with two attached hydrogens (primary N) is 1. The third-order valence-electron chi connectivity index (χ3n) is 3.44. The molecule has 0 aliphatic heterocycles. The molecule has 20 heavy (non-hydrogen) atoms. The molecule has 0 bridgehead atoms. The van der Waals surface area contributed by atoms with Crippen LogP contribution in [0.2, 0.25) is 0 Å². The number of hydrogen-bond acceptors (Lipinski definition) is 4. The summed E-state index contributed by atoms with van der Waals surface area (Å²) in [6.07, 6.45) is 5.28. The molecule has 0 unspecified atom stereocenters. The van der Waals surface area contributed by atoms with Crippen LogP contribution in [0.25, 0.3) is 0 Å². The SMILES string of the molecule is N/C(=N\O)c1cccnc1Sc1ccc2c(c1)CCC2. The molecule has 1 aromatic carbocycles. The average molecular weight is 285 g/mol. The fourth-order valence-electron chi connectivity index (χ4n) is 2.44. The lowest BCUT2D eigenvalue weighted by Gasteiger charge is -2.08. The van der Waals surface area contributed by atoms with E-state index in [2.05, 4.69) is 28.3 Å². The Labute approximate surface area is 121 Å². The zero-order valence-electron chi connectivity index (χ0n) is 10.9. The average Bonchev–Trinajstić information content (AvgIpc) is 2.94. The second kappa shape index (κ2) is 5.54. The van der Waals surface area contributed by atoms with Crippen molar-refractivity contribution in [2.75, 3.05) is 0 Å². The van der Waals surface area contributed by atoms with Gasteiger partial charge in [0.1, 0.15) is 5.03 Å². The maximum absolute atomic E-state index is 8.83. The number of aryl methyl sites for hydroxylation is 2. The lowest BCUT2D eigenvalue weighted by atomic mass is 10.1. The van der Waals surface area contributed by atoms with Crippen LogP contribution in [-0.4, -0.2) is 16.0 Å². The minimum atomic E-state index is 0.0850. The van der Waals surface area contributed by atoms with E-state index in [0.29, 0.717) is 5.56 Å². The Balaban J connectivity index is 1.92. The number of fused-ring (bicyclic) bond motifs is 1. The fraction of sp³-hybridized carbons (Fsp3) is 0.200. The lowest BCUT2D eigenvalue weighted by Crippen LogP contribution is -2.14. The summed E-state index contributed by atoms with van der Waals surface area (Å²) < 4.78 is 0. The molecule has 0 radical (unpaired) electrons. The van der Waals surface area contributed by atoms with Crippen LogP contribution in [0, 0.1) is 0 Å². The molecule has 0 atom stereocenters. The predicted molar refractivity (Wildman–Crippen MR) is 79.3 cm³/mol. The zero-order chi connectivity index (χ0) is 13.9. The number of aromatic nitrogens is 1. The molecule has 102 valence electrons. The molecule has 0 saturated heterocycles. The molecule has 3 rings (SSSR count). The molecule has 3 N–H and O–H groups in total. The van der Waals surface area contributed by atoms with Crippen LogP contribution >= 0.6 is 11.8 Å². The van der Waals surface area contributed by atoms with Gasteiger partial charge in [-0.15, -0.1) is 0 Å². The van der Waals surface area contributed by atoms with Gasteiger partial charge in [-0.1, -0.05) is 23.0 Å². The summed E-state index contributed by atoms with van der Waals surface area (Å²) in [7, 11) is 0. The Kier molecular flexibility index (Phi) is 3.60. The Morgan fingerprint density at radius 1 is 1.25 bits per heavy atom. The predicted octanol–water partition coefficient (Wildman–Crippen LogP) is 2.82. The molecular weight excluding hydrogens is 270 g/mol. The van der Waals surface area contributed by atoms with Crippen LogP contribution in [0.3, 0.4) is 0 Å². The smallest absolute Gasteiger partial charge is 0.172 e. The number of oxime groups is 1. The minimum Gasteiger partial charge on any atom is -0.409 e.